The highest BCUT2D eigenvalue weighted by atomic mass is 16.5. The highest BCUT2D eigenvalue weighted by Gasteiger charge is 2.15. The Balaban J connectivity index is 1.52. The van der Waals surface area contributed by atoms with Crippen LogP contribution in [-0.4, -0.2) is 38.9 Å². The Morgan fingerprint density at radius 3 is 2.75 bits per heavy atom. The summed E-state index contributed by atoms with van der Waals surface area (Å²) in [7, 11) is 3.11. The van der Waals surface area contributed by atoms with Crippen molar-refractivity contribution < 1.29 is 23.8 Å². The van der Waals surface area contributed by atoms with Crippen molar-refractivity contribution in [1.29, 1.82) is 0 Å². The summed E-state index contributed by atoms with van der Waals surface area (Å²) in [6.45, 7) is -0.178. The lowest BCUT2D eigenvalue weighted by Gasteiger charge is -2.17. The number of hydrazone groups is 1. The Hall–Kier alpha value is -3.55. The van der Waals surface area contributed by atoms with E-state index in [-0.39, 0.29) is 12.5 Å². The number of carbonyl (C=O) groups is 2. The fraction of sp³-hybridized carbons (Fsp3) is 0.250. The first-order valence-electron chi connectivity index (χ1n) is 8.68. The Morgan fingerprint density at radius 1 is 1.14 bits per heavy atom. The first-order chi connectivity index (χ1) is 13.6. The number of nitrogens with one attached hydrogen (secondary N) is 2. The van der Waals surface area contributed by atoms with Crippen LogP contribution in [0.15, 0.2) is 41.5 Å². The molecule has 2 N–H and O–H groups in total. The lowest BCUT2D eigenvalue weighted by atomic mass is 10.0. The maximum atomic E-state index is 11.9. The molecule has 2 aromatic rings. The van der Waals surface area contributed by atoms with Crippen LogP contribution in [-0.2, 0) is 16.0 Å². The molecule has 0 saturated carbocycles. The van der Waals surface area contributed by atoms with Gasteiger partial charge in [0, 0.05) is 23.7 Å². The van der Waals surface area contributed by atoms with Crippen molar-refractivity contribution in [3.05, 3.63) is 47.5 Å². The van der Waals surface area contributed by atoms with Crippen LogP contribution < -0.4 is 25.0 Å². The number of ether oxygens (including phenoxy) is 3. The molecule has 2 amide bonds. The second kappa shape index (κ2) is 8.90. The maximum absolute atomic E-state index is 11.9. The topological polar surface area (TPSA) is 98.3 Å². The average Bonchev–Trinajstić information content (AvgIpc) is 2.72. The van der Waals surface area contributed by atoms with Gasteiger partial charge in [-0.1, -0.05) is 0 Å². The van der Waals surface area contributed by atoms with Crippen molar-refractivity contribution in [1.82, 2.24) is 5.43 Å². The molecule has 0 fully saturated rings. The van der Waals surface area contributed by atoms with E-state index in [0.717, 1.165) is 11.3 Å². The third-order valence-corrected chi connectivity index (χ3v) is 4.18. The van der Waals surface area contributed by atoms with Crippen LogP contribution in [0.2, 0.25) is 0 Å². The molecule has 0 aromatic heterocycles. The van der Waals surface area contributed by atoms with Crippen LogP contribution >= 0.6 is 0 Å². The number of aryl methyl sites for hydroxylation is 1. The summed E-state index contributed by atoms with van der Waals surface area (Å²) in [6, 6.07) is 10.6. The van der Waals surface area contributed by atoms with Gasteiger partial charge in [0.05, 0.1) is 20.4 Å². The first-order valence-corrected chi connectivity index (χ1v) is 8.68. The predicted molar refractivity (Wildman–Crippen MR) is 104 cm³/mol. The molecule has 8 nitrogen and oxygen atoms in total. The van der Waals surface area contributed by atoms with Gasteiger partial charge in [-0.3, -0.25) is 9.59 Å². The van der Waals surface area contributed by atoms with Crippen molar-refractivity contribution in [2.24, 2.45) is 5.10 Å². The van der Waals surface area contributed by atoms with E-state index < -0.39 is 5.91 Å². The third kappa shape index (κ3) is 4.79. The van der Waals surface area contributed by atoms with E-state index in [2.05, 4.69) is 15.8 Å². The largest absolute Gasteiger partial charge is 0.497 e. The van der Waals surface area contributed by atoms with Crippen molar-refractivity contribution >= 4 is 23.7 Å². The first kappa shape index (κ1) is 19.2. The van der Waals surface area contributed by atoms with E-state index in [4.69, 9.17) is 14.2 Å². The van der Waals surface area contributed by atoms with Crippen LogP contribution in [0.4, 0.5) is 5.69 Å². The number of hydrogen-bond acceptors (Lipinski definition) is 6. The summed E-state index contributed by atoms with van der Waals surface area (Å²) >= 11 is 0. The zero-order valence-electron chi connectivity index (χ0n) is 15.7. The highest BCUT2D eigenvalue weighted by molar-refractivity contribution is 5.94. The molecular weight excluding hydrogens is 362 g/mol. The van der Waals surface area contributed by atoms with Gasteiger partial charge < -0.3 is 19.5 Å². The van der Waals surface area contributed by atoms with Gasteiger partial charge in [-0.2, -0.15) is 5.10 Å². The lowest BCUT2D eigenvalue weighted by Crippen LogP contribution is -2.24. The van der Waals surface area contributed by atoms with Crippen LogP contribution in [0.1, 0.15) is 17.5 Å². The van der Waals surface area contributed by atoms with E-state index in [9.17, 15) is 9.59 Å². The van der Waals surface area contributed by atoms with Gasteiger partial charge in [0.15, 0.2) is 6.61 Å². The third-order valence-electron chi connectivity index (χ3n) is 4.18. The van der Waals surface area contributed by atoms with Crippen LogP contribution in [0.25, 0.3) is 0 Å². The van der Waals surface area contributed by atoms with Crippen LogP contribution in [0, 0.1) is 0 Å². The molecule has 2 aromatic carbocycles. The Bertz CT molecular complexity index is 911. The van der Waals surface area contributed by atoms with Crippen molar-refractivity contribution in [3.8, 4) is 17.2 Å². The molecule has 1 aliphatic heterocycles. The number of benzene rings is 2. The number of hydrogen-bond donors (Lipinski definition) is 2. The quantitative estimate of drug-likeness (QED) is 0.564. The minimum absolute atomic E-state index is 0.00639. The average molecular weight is 383 g/mol. The smallest absolute Gasteiger partial charge is 0.277 e. The van der Waals surface area contributed by atoms with Crippen molar-refractivity contribution in [2.45, 2.75) is 12.8 Å². The number of rotatable bonds is 7. The molecule has 0 saturated heterocycles. The Kier molecular flexibility index (Phi) is 6.11. The second-order valence-electron chi connectivity index (χ2n) is 6.06. The fourth-order valence-corrected chi connectivity index (χ4v) is 2.73. The molecule has 3 rings (SSSR count). The maximum Gasteiger partial charge on any atom is 0.277 e. The van der Waals surface area contributed by atoms with Crippen LogP contribution in [0.5, 0.6) is 17.2 Å². The summed E-state index contributed by atoms with van der Waals surface area (Å²) in [5, 5.41) is 6.72. The zero-order valence-corrected chi connectivity index (χ0v) is 15.7. The van der Waals surface area contributed by atoms with Gasteiger partial charge in [-0.05, 0) is 42.3 Å². The summed E-state index contributed by atoms with van der Waals surface area (Å²) in [4.78, 5) is 23.3. The van der Waals surface area contributed by atoms with Gasteiger partial charge in [0.1, 0.15) is 17.2 Å². The molecule has 0 spiro atoms. The van der Waals surface area contributed by atoms with Crippen LogP contribution in [0.3, 0.4) is 0 Å². The molecule has 146 valence electrons. The van der Waals surface area contributed by atoms with E-state index in [1.807, 2.05) is 6.07 Å². The standard InChI is InChI=1S/C20H21N3O5/c1-26-15-5-3-14(18(10-15)27-2)11-21-23-20(25)12-28-16-6-7-17-13(9-16)4-8-19(24)22-17/h3,5-7,9-11H,4,8,12H2,1-2H3,(H,22,24)(H,23,25). The fourth-order valence-electron chi connectivity index (χ4n) is 2.73. The number of anilines is 1. The number of carbonyl (C=O) groups excluding carboxylic acids is 2. The molecule has 1 heterocycles. The van der Waals surface area contributed by atoms with Gasteiger partial charge in [0.2, 0.25) is 5.91 Å². The molecule has 0 bridgehead atoms. The molecule has 0 radical (unpaired) electrons. The number of methoxy groups -OCH3 is 2. The summed E-state index contributed by atoms with van der Waals surface area (Å²) in [5.74, 6) is 1.42. The SMILES string of the molecule is COc1ccc(C=NNC(=O)COc2ccc3c(c2)CCC(=O)N3)c(OC)c1. The van der Waals surface area contributed by atoms with E-state index in [1.54, 1.807) is 44.6 Å². The summed E-state index contributed by atoms with van der Waals surface area (Å²) in [5.41, 5.74) is 4.88. The van der Waals surface area contributed by atoms with Gasteiger partial charge in [-0.15, -0.1) is 0 Å². The lowest BCUT2D eigenvalue weighted by molar-refractivity contribution is -0.123. The van der Waals surface area contributed by atoms with Gasteiger partial charge in [0.25, 0.3) is 5.91 Å². The number of amides is 2. The van der Waals surface area contributed by atoms with Crippen molar-refractivity contribution in [3.63, 3.8) is 0 Å². The van der Waals surface area contributed by atoms with E-state index in [1.165, 1.54) is 6.21 Å². The van der Waals surface area contributed by atoms with E-state index >= 15 is 0 Å². The minimum atomic E-state index is -0.394. The molecule has 0 unspecified atom stereocenters. The monoisotopic (exact) mass is 383 g/mol. The Morgan fingerprint density at radius 2 is 1.96 bits per heavy atom. The predicted octanol–water partition coefficient (Wildman–Crippen LogP) is 2.12. The highest BCUT2D eigenvalue weighted by Crippen LogP contribution is 2.26. The van der Waals surface area contributed by atoms with Crippen molar-refractivity contribution in [2.75, 3.05) is 26.1 Å². The molecule has 8 heteroatoms. The number of fused-ring (bicyclic) bond motifs is 1. The molecule has 28 heavy (non-hydrogen) atoms. The molecular formula is C20H21N3O5. The normalized spacial score (nSPS) is 12.9. The van der Waals surface area contributed by atoms with Gasteiger partial charge in [-0.25, -0.2) is 5.43 Å². The second-order valence-corrected chi connectivity index (χ2v) is 6.06. The summed E-state index contributed by atoms with van der Waals surface area (Å²) < 4.78 is 15.9. The number of nitrogens with zero attached hydrogens (tertiary/aromatic N) is 1. The molecule has 0 atom stereocenters. The van der Waals surface area contributed by atoms with Gasteiger partial charge >= 0.3 is 0 Å². The minimum Gasteiger partial charge on any atom is -0.497 e. The zero-order chi connectivity index (χ0) is 19.9. The Labute approximate surface area is 162 Å². The molecule has 1 aliphatic rings. The molecule has 0 aliphatic carbocycles. The van der Waals surface area contributed by atoms with E-state index in [0.29, 0.717) is 35.7 Å². The summed E-state index contributed by atoms with van der Waals surface area (Å²) in [6.07, 6.45) is 2.58.